The number of ether oxygens (including phenoxy) is 2. The van der Waals surface area contributed by atoms with Gasteiger partial charge in [0, 0.05) is 10.9 Å². The number of methoxy groups -OCH3 is 1. The Labute approximate surface area is 150 Å². The van der Waals surface area contributed by atoms with Crippen LogP contribution in [-0.2, 0) is 22.4 Å². The number of phenols is 1. The number of nitrogens with one attached hydrogen (secondary N) is 1. The second kappa shape index (κ2) is 9.03. The number of hydrogen-bond donors (Lipinski definition) is 2. The molecule has 0 fully saturated rings. The third-order valence-corrected chi connectivity index (χ3v) is 4.13. The number of aromatic hydroxyl groups is 1. The molecule has 2 aromatic rings. The van der Waals surface area contributed by atoms with Crippen LogP contribution in [0.1, 0.15) is 30.7 Å². The highest BCUT2D eigenvalue weighted by Crippen LogP contribution is 2.30. The van der Waals surface area contributed by atoms with Crippen molar-refractivity contribution in [3.05, 3.63) is 34.3 Å². The van der Waals surface area contributed by atoms with Gasteiger partial charge in [0.15, 0.2) is 11.5 Å². The number of carbonyl (C=O) groups is 1. The van der Waals surface area contributed by atoms with Crippen molar-refractivity contribution in [3.63, 3.8) is 0 Å². The van der Waals surface area contributed by atoms with Gasteiger partial charge in [0.05, 0.1) is 32.0 Å². The van der Waals surface area contributed by atoms with Crippen LogP contribution in [0.5, 0.6) is 11.5 Å². The number of benzene rings is 1. The van der Waals surface area contributed by atoms with Gasteiger partial charge in [0.1, 0.15) is 0 Å². The number of hydrazone groups is 1. The Morgan fingerprint density at radius 1 is 1.44 bits per heavy atom. The van der Waals surface area contributed by atoms with Crippen LogP contribution < -0.4 is 10.2 Å². The smallest absolute Gasteiger partial charge is 0.311 e. The van der Waals surface area contributed by atoms with E-state index in [1.807, 2.05) is 13.0 Å². The molecule has 0 amide bonds. The number of esters is 1. The van der Waals surface area contributed by atoms with Crippen molar-refractivity contribution in [2.45, 2.75) is 26.7 Å². The highest BCUT2D eigenvalue weighted by molar-refractivity contribution is 7.13. The number of phenolic OH excluding ortho intramolecular Hbond substituents is 1. The molecular formula is C17H21N3O4S. The summed E-state index contributed by atoms with van der Waals surface area (Å²) in [5.41, 5.74) is 5.00. The molecule has 134 valence electrons. The lowest BCUT2D eigenvalue weighted by molar-refractivity contribution is -0.142. The van der Waals surface area contributed by atoms with Crippen LogP contribution in [0.15, 0.2) is 22.6 Å². The lowest BCUT2D eigenvalue weighted by atomic mass is 10.1. The molecule has 7 nitrogen and oxygen atoms in total. The quantitative estimate of drug-likeness (QED) is 0.425. The minimum atomic E-state index is -0.309. The normalized spacial score (nSPS) is 10.8. The first-order valence-corrected chi connectivity index (χ1v) is 8.74. The summed E-state index contributed by atoms with van der Waals surface area (Å²) in [6.07, 6.45) is 2.45. The Morgan fingerprint density at radius 3 is 2.92 bits per heavy atom. The summed E-state index contributed by atoms with van der Waals surface area (Å²) in [6, 6.07) is 3.64. The van der Waals surface area contributed by atoms with Gasteiger partial charge in [-0.1, -0.05) is 6.92 Å². The van der Waals surface area contributed by atoms with E-state index in [9.17, 15) is 9.90 Å². The summed E-state index contributed by atoms with van der Waals surface area (Å²) in [7, 11) is 1.51. The Balaban J connectivity index is 2.04. The molecule has 2 N–H and O–H groups in total. The lowest BCUT2D eigenvalue weighted by Crippen LogP contribution is -2.07. The van der Waals surface area contributed by atoms with Crippen molar-refractivity contribution >= 4 is 28.7 Å². The van der Waals surface area contributed by atoms with Gasteiger partial charge in [-0.3, -0.25) is 10.2 Å². The largest absolute Gasteiger partial charge is 0.504 e. The first-order chi connectivity index (χ1) is 12.1. The average Bonchev–Trinajstić information content (AvgIpc) is 3.03. The fraction of sp³-hybridized carbons (Fsp3) is 0.353. The second-order valence-corrected chi connectivity index (χ2v) is 5.94. The van der Waals surface area contributed by atoms with Gasteiger partial charge in [-0.25, -0.2) is 4.98 Å². The molecule has 0 atom stereocenters. The van der Waals surface area contributed by atoms with Crippen molar-refractivity contribution in [1.29, 1.82) is 0 Å². The number of carbonyl (C=O) groups excluding carboxylic acids is 1. The van der Waals surface area contributed by atoms with Crippen LogP contribution in [0.3, 0.4) is 0 Å². The number of aromatic nitrogens is 1. The predicted molar refractivity (Wildman–Crippen MR) is 97.7 cm³/mol. The standard InChI is InChI=1S/C17H21N3O4S/c1-4-11-6-12(16(22)14(7-11)23-3)9-18-20-17-19-13(10-25-17)8-15(21)24-5-2/h6-7,9-10,22H,4-5,8H2,1-3H3,(H,19,20). The molecule has 0 aliphatic carbocycles. The third kappa shape index (κ3) is 5.18. The third-order valence-electron chi connectivity index (χ3n) is 3.34. The Morgan fingerprint density at radius 2 is 2.24 bits per heavy atom. The van der Waals surface area contributed by atoms with Gasteiger partial charge in [-0.15, -0.1) is 11.3 Å². The Hall–Kier alpha value is -2.61. The summed E-state index contributed by atoms with van der Waals surface area (Å²) in [5.74, 6) is 0.135. The highest BCUT2D eigenvalue weighted by Gasteiger charge is 2.10. The fourth-order valence-corrected chi connectivity index (χ4v) is 2.76. The number of aryl methyl sites for hydroxylation is 1. The molecule has 25 heavy (non-hydrogen) atoms. The molecule has 1 heterocycles. The zero-order valence-electron chi connectivity index (χ0n) is 14.4. The monoisotopic (exact) mass is 363 g/mol. The molecule has 1 aromatic carbocycles. The first kappa shape index (κ1) is 18.7. The molecule has 1 aromatic heterocycles. The Bertz CT molecular complexity index is 758. The van der Waals surface area contributed by atoms with E-state index in [4.69, 9.17) is 9.47 Å². The van der Waals surface area contributed by atoms with Gasteiger partial charge in [0.25, 0.3) is 0 Å². The maximum absolute atomic E-state index is 11.4. The molecule has 0 unspecified atom stereocenters. The minimum absolute atomic E-state index is 0.0346. The van der Waals surface area contributed by atoms with Crippen LogP contribution in [0.4, 0.5) is 5.13 Å². The number of anilines is 1. The fourth-order valence-electron chi connectivity index (χ4n) is 2.10. The maximum Gasteiger partial charge on any atom is 0.311 e. The number of hydrogen-bond acceptors (Lipinski definition) is 8. The molecule has 2 rings (SSSR count). The molecule has 0 saturated carbocycles. The highest BCUT2D eigenvalue weighted by atomic mass is 32.1. The van der Waals surface area contributed by atoms with E-state index in [1.165, 1.54) is 24.7 Å². The van der Waals surface area contributed by atoms with Gasteiger partial charge >= 0.3 is 5.97 Å². The number of thiazole rings is 1. The minimum Gasteiger partial charge on any atom is -0.504 e. The molecule has 8 heteroatoms. The van der Waals surface area contributed by atoms with Crippen molar-refractivity contribution < 1.29 is 19.4 Å². The summed E-state index contributed by atoms with van der Waals surface area (Å²) < 4.78 is 10.1. The Kier molecular flexibility index (Phi) is 6.76. The topological polar surface area (TPSA) is 93.0 Å². The zero-order valence-corrected chi connectivity index (χ0v) is 15.2. The van der Waals surface area contributed by atoms with Crippen molar-refractivity contribution in [3.8, 4) is 11.5 Å². The van der Waals surface area contributed by atoms with Gasteiger partial charge in [-0.05, 0) is 31.0 Å². The van der Waals surface area contributed by atoms with E-state index in [-0.39, 0.29) is 18.1 Å². The molecule has 0 saturated heterocycles. The lowest BCUT2D eigenvalue weighted by Gasteiger charge is -2.08. The maximum atomic E-state index is 11.4. The molecule has 0 spiro atoms. The van der Waals surface area contributed by atoms with Crippen molar-refractivity contribution in [2.24, 2.45) is 5.10 Å². The summed E-state index contributed by atoms with van der Waals surface area (Å²) >= 11 is 1.33. The molecule has 0 bridgehead atoms. The average molecular weight is 363 g/mol. The molecular weight excluding hydrogens is 342 g/mol. The van der Waals surface area contributed by atoms with Crippen LogP contribution in [0, 0.1) is 0 Å². The van der Waals surface area contributed by atoms with E-state index in [2.05, 4.69) is 15.5 Å². The zero-order chi connectivity index (χ0) is 18.2. The summed E-state index contributed by atoms with van der Waals surface area (Å²) in [5, 5.41) is 16.6. The van der Waals surface area contributed by atoms with E-state index < -0.39 is 0 Å². The molecule has 0 aliphatic heterocycles. The molecule has 0 radical (unpaired) electrons. The van der Waals surface area contributed by atoms with Crippen LogP contribution in [-0.4, -0.2) is 36.0 Å². The SMILES string of the molecule is CCOC(=O)Cc1csc(NN=Cc2cc(CC)cc(OC)c2O)n1. The van der Waals surface area contributed by atoms with E-state index in [0.717, 1.165) is 12.0 Å². The van der Waals surface area contributed by atoms with Crippen LogP contribution in [0.25, 0.3) is 0 Å². The molecule has 0 aliphatic rings. The number of rotatable bonds is 8. The summed E-state index contributed by atoms with van der Waals surface area (Å²) in [4.78, 5) is 15.7. The van der Waals surface area contributed by atoms with E-state index >= 15 is 0 Å². The van der Waals surface area contributed by atoms with Crippen molar-refractivity contribution in [1.82, 2.24) is 4.98 Å². The number of nitrogens with zero attached hydrogens (tertiary/aromatic N) is 2. The predicted octanol–water partition coefficient (Wildman–Crippen LogP) is 2.97. The van der Waals surface area contributed by atoms with Crippen LogP contribution >= 0.6 is 11.3 Å². The van der Waals surface area contributed by atoms with E-state index in [0.29, 0.717) is 28.7 Å². The van der Waals surface area contributed by atoms with E-state index in [1.54, 1.807) is 18.4 Å². The first-order valence-electron chi connectivity index (χ1n) is 7.86. The van der Waals surface area contributed by atoms with Crippen LogP contribution in [0.2, 0.25) is 0 Å². The second-order valence-electron chi connectivity index (χ2n) is 5.09. The van der Waals surface area contributed by atoms with Crippen molar-refractivity contribution in [2.75, 3.05) is 19.1 Å². The van der Waals surface area contributed by atoms with Gasteiger partial charge < -0.3 is 14.6 Å². The van der Waals surface area contributed by atoms with Gasteiger partial charge in [0.2, 0.25) is 5.13 Å². The summed E-state index contributed by atoms with van der Waals surface area (Å²) in [6.45, 7) is 4.13. The van der Waals surface area contributed by atoms with Gasteiger partial charge in [-0.2, -0.15) is 5.10 Å².